The molecule has 0 bridgehead atoms. The molecule has 2 heterocycles. The van der Waals surface area contributed by atoms with Crippen LogP contribution in [0.5, 0.6) is 0 Å². The molecular formula is C15H9BrClF3N4. The molecule has 0 saturated carbocycles. The first-order chi connectivity index (χ1) is 11.3. The highest BCUT2D eigenvalue weighted by Crippen LogP contribution is 2.31. The number of alkyl halides is 3. The van der Waals surface area contributed by atoms with Gasteiger partial charge in [-0.15, -0.1) is 0 Å². The van der Waals surface area contributed by atoms with E-state index in [4.69, 9.17) is 11.6 Å². The van der Waals surface area contributed by atoms with Crippen molar-refractivity contribution >= 4 is 27.5 Å². The second-order valence-corrected chi connectivity index (χ2v) is 6.10. The SMILES string of the molecule is FC(F)(F)c1ccc(Cn2cc(-c3ncnc(Cl)c3Br)cn2)cc1. The van der Waals surface area contributed by atoms with Gasteiger partial charge in [-0.25, -0.2) is 9.97 Å². The van der Waals surface area contributed by atoms with E-state index in [1.54, 1.807) is 17.1 Å². The largest absolute Gasteiger partial charge is 0.416 e. The average Bonchev–Trinajstić information content (AvgIpc) is 2.98. The molecule has 9 heteroatoms. The topological polar surface area (TPSA) is 43.6 Å². The number of nitrogens with zero attached hydrogens (tertiary/aromatic N) is 4. The third-order valence-corrected chi connectivity index (χ3v) is 4.55. The van der Waals surface area contributed by atoms with E-state index in [-0.39, 0.29) is 5.15 Å². The summed E-state index contributed by atoms with van der Waals surface area (Å²) in [5.74, 6) is 0. The first kappa shape index (κ1) is 16.9. The first-order valence-electron chi connectivity index (χ1n) is 6.69. The molecule has 0 unspecified atom stereocenters. The van der Waals surface area contributed by atoms with Crippen LogP contribution in [0.15, 0.2) is 47.5 Å². The summed E-state index contributed by atoms with van der Waals surface area (Å²) in [5, 5.41) is 4.49. The van der Waals surface area contributed by atoms with Gasteiger partial charge in [0.15, 0.2) is 0 Å². The third kappa shape index (κ3) is 3.59. The summed E-state index contributed by atoms with van der Waals surface area (Å²) in [6.45, 7) is 0.342. The summed E-state index contributed by atoms with van der Waals surface area (Å²) in [7, 11) is 0. The van der Waals surface area contributed by atoms with Gasteiger partial charge >= 0.3 is 6.18 Å². The summed E-state index contributed by atoms with van der Waals surface area (Å²) in [6, 6.07) is 4.98. The molecule has 0 spiro atoms. The Bertz CT molecular complexity index is 862. The molecule has 3 aromatic rings. The lowest BCUT2D eigenvalue weighted by molar-refractivity contribution is -0.137. The van der Waals surface area contributed by atoms with Crippen molar-refractivity contribution in [1.29, 1.82) is 0 Å². The van der Waals surface area contributed by atoms with Gasteiger partial charge in [0.05, 0.1) is 28.5 Å². The van der Waals surface area contributed by atoms with E-state index in [1.807, 2.05) is 0 Å². The molecule has 3 rings (SSSR count). The fourth-order valence-corrected chi connectivity index (χ4v) is 2.67. The minimum Gasteiger partial charge on any atom is -0.268 e. The molecule has 0 aliphatic heterocycles. The van der Waals surface area contributed by atoms with Crippen molar-refractivity contribution in [2.75, 3.05) is 0 Å². The van der Waals surface area contributed by atoms with Crippen LogP contribution in [0.2, 0.25) is 5.15 Å². The Morgan fingerprint density at radius 2 is 1.83 bits per heavy atom. The van der Waals surface area contributed by atoms with Crippen LogP contribution in [-0.2, 0) is 12.7 Å². The molecule has 0 radical (unpaired) electrons. The van der Waals surface area contributed by atoms with Crippen LogP contribution in [0.4, 0.5) is 13.2 Å². The molecule has 0 atom stereocenters. The number of rotatable bonds is 3. The van der Waals surface area contributed by atoms with Gasteiger partial charge in [-0.05, 0) is 33.6 Å². The lowest BCUT2D eigenvalue weighted by Gasteiger charge is -2.07. The number of hydrogen-bond donors (Lipinski definition) is 0. The van der Waals surface area contributed by atoms with Gasteiger partial charge in [-0.3, -0.25) is 4.68 Å². The van der Waals surface area contributed by atoms with E-state index < -0.39 is 11.7 Å². The fourth-order valence-electron chi connectivity index (χ4n) is 2.11. The maximum absolute atomic E-state index is 12.6. The molecule has 1 aromatic carbocycles. The smallest absolute Gasteiger partial charge is 0.268 e. The van der Waals surface area contributed by atoms with Crippen LogP contribution in [-0.4, -0.2) is 19.7 Å². The van der Waals surface area contributed by atoms with Gasteiger partial charge in [-0.1, -0.05) is 23.7 Å². The normalized spacial score (nSPS) is 11.7. The number of hydrogen-bond acceptors (Lipinski definition) is 3. The van der Waals surface area contributed by atoms with Crippen molar-refractivity contribution in [1.82, 2.24) is 19.7 Å². The number of benzene rings is 1. The van der Waals surface area contributed by atoms with Gasteiger partial charge in [0.1, 0.15) is 11.5 Å². The van der Waals surface area contributed by atoms with Crippen LogP contribution in [0, 0.1) is 0 Å². The Labute approximate surface area is 148 Å². The Balaban J connectivity index is 1.80. The van der Waals surface area contributed by atoms with Gasteiger partial charge in [0, 0.05) is 11.8 Å². The summed E-state index contributed by atoms with van der Waals surface area (Å²) in [5.41, 5.74) is 1.34. The van der Waals surface area contributed by atoms with Crippen LogP contribution in [0.25, 0.3) is 11.3 Å². The van der Waals surface area contributed by atoms with Crippen LogP contribution < -0.4 is 0 Å². The van der Waals surface area contributed by atoms with Gasteiger partial charge in [-0.2, -0.15) is 18.3 Å². The van der Waals surface area contributed by atoms with Gasteiger partial charge in [0.25, 0.3) is 0 Å². The highest BCUT2D eigenvalue weighted by molar-refractivity contribution is 9.10. The molecule has 0 amide bonds. The van der Waals surface area contributed by atoms with Gasteiger partial charge in [0.2, 0.25) is 0 Å². The van der Waals surface area contributed by atoms with Crippen LogP contribution >= 0.6 is 27.5 Å². The molecule has 0 aliphatic rings. The quantitative estimate of drug-likeness (QED) is 0.574. The highest BCUT2D eigenvalue weighted by atomic mass is 79.9. The van der Waals surface area contributed by atoms with E-state index in [1.165, 1.54) is 18.5 Å². The average molecular weight is 418 g/mol. The molecule has 0 saturated heterocycles. The molecule has 0 N–H and O–H groups in total. The van der Waals surface area contributed by atoms with Crippen molar-refractivity contribution in [3.8, 4) is 11.3 Å². The molecular weight excluding hydrogens is 409 g/mol. The molecule has 0 fully saturated rings. The van der Waals surface area contributed by atoms with Crippen molar-refractivity contribution in [3.05, 3.63) is 63.7 Å². The minimum atomic E-state index is -4.34. The van der Waals surface area contributed by atoms with E-state index >= 15 is 0 Å². The summed E-state index contributed by atoms with van der Waals surface area (Å²) < 4.78 is 39.9. The number of aromatic nitrogens is 4. The summed E-state index contributed by atoms with van der Waals surface area (Å²) >= 11 is 9.25. The lowest BCUT2D eigenvalue weighted by atomic mass is 10.1. The monoisotopic (exact) mass is 416 g/mol. The maximum Gasteiger partial charge on any atom is 0.416 e. The van der Waals surface area contributed by atoms with E-state index in [2.05, 4.69) is 31.0 Å². The van der Waals surface area contributed by atoms with Crippen LogP contribution in [0.3, 0.4) is 0 Å². The molecule has 24 heavy (non-hydrogen) atoms. The van der Waals surface area contributed by atoms with E-state index in [0.717, 1.165) is 17.7 Å². The zero-order valence-corrected chi connectivity index (χ0v) is 14.3. The lowest BCUT2D eigenvalue weighted by Crippen LogP contribution is -2.05. The summed E-state index contributed by atoms with van der Waals surface area (Å²) in [6.07, 6.45) is 0.347. The predicted octanol–water partition coefficient (Wildman–Crippen LogP) is 4.82. The standard InChI is InChI=1S/C15H9BrClF3N4/c16-12-13(21-8-22-14(12)17)10-5-23-24(7-10)6-9-1-3-11(4-2-9)15(18,19)20/h1-5,7-8H,6H2. The molecule has 4 nitrogen and oxygen atoms in total. The van der Waals surface area contributed by atoms with Crippen LogP contribution in [0.1, 0.15) is 11.1 Å². The third-order valence-electron chi connectivity index (χ3n) is 3.28. The zero-order valence-electron chi connectivity index (χ0n) is 11.9. The Kier molecular flexibility index (Phi) is 4.60. The van der Waals surface area contributed by atoms with E-state index in [9.17, 15) is 13.2 Å². The number of halogens is 5. The summed E-state index contributed by atoms with van der Waals surface area (Å²) in [4.78, 5) is 8.00. The predicted molar refractivity (Wildman–Crippen MR) is 86.5 cm³/mol. The second-order valence-electron chi connectivity index (χ2n) is 4.95. The maximum atomic E-state index is 12.6. The first-order valence-corrected chi connectivity index (χ1v) is 7.86. The van der Waals surface area contributed by atoms with Crippen molar-refractivity contribution in [2.45, 2.75) is 12.7 Å². The van der Waals surface area contributed by atoms with Crippen molar-refractivity contribution in [2.24, 2.45) is 0 Å². The second kappa shape index (κ2) is 6.52. The Morgan fingerprint density at radius 3 is 2.50 bits per heavy atom. The molecule has 124 valence electrons. The molecule has 0 aliphatic carbocycles. The Hall–Kier alpha value is -1.93. The fraction of sp³-hybridized carbons (Fsp3) is 0.133. The van der Waals surface area contributed by atoms with Crippen molar-refractivity contribution in [3.63, 3.8) is 0 Å². The minimum absolute atomic E-state index is 0.287. The van der Waals surface area contributed by atoms with Crippen molar-refractivity contribution < 1.29 is 13.2 Å². The Morgan fingerprint density at radius 1 is 1.12 bits per heavy atom. The highest BCUT2D eigenvalue weighted by Gasteiger charge is 2.29. The van der Waals surface area contributed by atoms with E-state index in [0.29, 0.717) is 22.3 Å². The molecule has 2 aromatic heterocycles. The zero-order chi connectivity index (χ0) is 17.3. The van der Waals surface area contributed by atoms with Gasteiger partial charge < -0.3 is 0 Å².